The summed E-state index contributed by atoms with van der Waals surface area (Å²) in [6.45, 7) is 6.05. The molecule has 1 aromatic rings. The van der Waals surface area contributed by atoms with Crippen LogP contribution in [0.5, 0.6) is 0 Å². The Kier molecular flexibility index (Phi) is 5.69. The van der Waals surface area contributed by atoms with Crippen molar-refractivity contribution in [3.05, 3.63) is 23.9 Å². The number of sulfonamides is 1. The van der Waals surface area contributed by atoms with Gasteiger partial charge < -0.3 is 10.2 Å². The molecule has 0 saturated carbocycles. The van der Waals surface area contributed by atoms with Crippen LogP contribution < -0.4 is 10.0 Å². The van der Waals surface area contributed by atoms with E-state index in [2.05, 4.69) is 27.0 Å². The SMILES string of the molecule is CCNCc1ccc(S(=O)(=O)NCC2CCN(C)C2)nc1. The van der Waals surface area contributed by atoms with Gasteiger partial charge in [-0.2, -0.15) is 0 Å². The lowest BCUT2D eigenvalue weighted by Crippen LogP contribution is -2.31. The highest BCUT2D eigenvalue weighted by Gasteiger charge is 2.22. The standard InChI is InChI=1S/C14H24N4O2S/c1-3-15-8-12-4-5-14(16-9-12)21(19,20)17-10-13-6-7-18(2)11-13/h4-5,9,13,15,17H,3,6-8,10-11H2,1-2H3. The van der Waals surface area contributed by atoms with Gasteiger partial charge in [0.1, 0.15) is 0 Å². The molecule has 6 nitrogen and oxygen atoms in total. The van der Waals surface area contributed by atoms with Crippen LogP contribution in [-0.2, 0) is 16.6 Å². The summed E-state index contributed by atoms with van der Waals surface area (Å²) >= 11 is 0. The summed E-state index contributed by atoms with van der Waals surface area (Å²) in [4.78, 5) is 6.28. The summed E-state index contributed by atoms with van der Waals surface area (Å²) in [6.07, 6.45) is 2.65. The van der Waals surface area contributed by atoms with Gasteiger partial charge >= 0.3 is 0 Å². The molecule has 2 rings (SSSR count). The lowest BCUT2D eigenvalue weighted by Gasteiger charge is -2.12. The van der Waals surface area contributed by atoms with E-state index in [-0.39, 0.29) is 5.03 Å². The Bertz CT molecular complexity index is 545. The number of hydrogen-bond acceptors (Lipinski definition) is 5. The third-order valence-electron chi connectivity index (χ3n) is 3.70. The van der Waals surface area contributed by atoms with Crippen molar-refractivity contribution in [3.8, 4) is 0 Å². The fourth-order valence-electron chi connectivity index (χ4n) is 2.44. The molecule has 1 aromatic heterocycles. The molecule has 0 bridgehead atoms. The van der Waals surface area contributed by atoms with E-state index in [1.165, 1.54) is 0 Å². The summed E-state index contributed by atoms with van der Waals surface area (Å²) in [6, 6.07) is 3.36. The fourth-order valence-corrected chi connectivity index (χ4v) is 3.48. The van der Waals surface area contributed by atoms with Gasteiger partial charge in [-0.1, -0.05) is 13.0 Å². The van der Waals surface area contributed by atoms with Gasteiger partial charge in [0.2, 0.25) is 0 Å². The molecule has 118 valence electrons. The van der Waals surface area contributed by atoms with Crippen molar-refractivity contribution in [3.63, 3.8) is 0 Å². The van der Waals surface area contributed by atoms with Gasteiger partial charge in [-0.05, 0) is 44.1 Å². The zero-order chi connectivity index (χ0) is 15.3. The minimum Gasteiger partial charge on any atom is -0.313 e. The topological polar surface area (TPSA) is 74.3 Å². The Morgan fingerprint density at radius 1 is 1.43 bits per heavy atom. The Labute approximate surface area is 127 Å². The van der Waals surface area contributed by atoms with Gasteiger partial charge in [-0.3, -0.25) is 0 Å². The van der Waals surface area contributed by atoms with Crippen molar-refractivity contribution in [2.24, 2.45) is 5.92 Å². The summed E-state index contributed by atoms with van der Waals surface area (Å²) in [5.41, 5.74) is 0.980. The van der Waals surface area contributed by atoms with Crippen LogP contribution in [0.25, 0.3) is 0 Å². The van der Waals surface area contributed by atoms with Crippen LogP contribution >= 0.6 is 0 Å². The number of likely N-dealkylation sites (tertiary alicyclic amines) is 1. The average molecular weight is 312 g/mol. The van der Waals surface area contributed by atoms with Gasteiger partial charge in [-0.15, -0.1) is 0 Å². The molecule has 0 radical (unpaired) electrons. The van der Waals surface area contributed by atoms with E-state index < -0.39 is 10.0 Å². The van der Waals surface area contributed by atoms with Crippen molar-refractivity contribution >= 4 is 10.0 Å². The van der Waals surface area contributed by atoms with Gasteiger partial charge in [0.15, 0.2) is 5.03 Å². The molecule has 1 unspecified atom stereocenters. The third kappa shape index (κ3) is 4.74. The molecule has 2 N–H and O–H groups in total. The first-order chi connectivity index (χ1) is 10.0. The predicted molar refractivity (Wildman–Crippen MR) is 82.4 cm³/mol. The first-order valence-corrected chi connectivity index (χ1v) is 8.83. The molecule has 1 fully saturated rings. The van der Waals surface area contributed by atoms with Crippen LogP contribution in [0.1, 0.15) is 18.9 Å². The van der Waals surface area contributed by atoms with Crippen molar-refractivity contribution in [1.29, 1.82) is 0 Å². The molecule has 1 atom stereocenters. The zero-order valence-corrected chi connectivity index (χ0v) is 13.5. The molecule has 0 amide bonds. The maximum atomic E-state index is 12.2. The molecule has 0 aromatic carbocycles. The second-order valence-electron chi connectivity index (χ2n) is 5.55. The van der Waals surface area contributed by atoms with Crippen molar-refractivity contribution < 1.29 is 8.42 Å². The Hall–Kier alpha value is -1.02. The van der Waals surface area contributed by atoms with Crippen molar-refractivity contribution in [1.82, 2.24) is 19.9 Å². The lowest BCUT2D eigenvalue weighted by atomic mass is 10.1. The third-order valence-corrected chi connectivity index (χ3v) is 5.04. The summed E-state index contributed by atoms with van der Waals surface area (Å²) in [7, 11) is -1.45. The number of hydrogen-bond donors (Lipinski definition) is 2. The molecule has 21 heavy (non-hydrogen) atoms. The fraction of sp³-hybridized carbons (Fsp3) is 0.643. The van der Waals surface area contributed by atoms with Gasteiger partial charge in [-0.25, -0.2) is 18.1 Å². The highest BCUT2D eigenvalue weighted by atomic mass is 32.2. The number of aromatic nitrogens is 1. The van der Waals surface area contributed by atoms with Crippen LogP contribution in [0, 0.1) is 5.92 Å². The van der Waals surface area contributed by atoms with Crippen LogP contribution in [0.2, 0.25) is 0 Å². The molecule has 0 spiro atoms. The predicted octanol–water partition coefficient (Wildman–Crippen LogP) is 0.421. The Morgan fingerprint density at radius 3 is 2.81 bits per heavy atom. The minimum absolute atomic E-state index is 0.0918. The van der Waals surface area contributed by atoms with Gasteiger partial charge in [0, 0.05) is 25.8 Å². The second kappa shape index (κ2) is 7.31. The van der Waals surface area contributed by atoms with E-state index in [0.717, 1.165) is 31.6 Å². The first-order valence-electron chi connectivity index (χ1n) is 7.35. The molecular weight excluding hydrogens is 288 g/mol. The molecule has 0 aliphatic carbocycles. The van der Waals surface area contributed by atoms with E-state index in [1.54, 1.807) is 18.3 Å². The first kappa shape index (κ1) is 16.4. The molecule has 1 saturated heterocycles. The maximum absolute atomic E-state index is 12.2. The van der Waals surface area contributed by atoms with Crippen LogP contribution in [0.4, 0.5) is 0 Å². The molecular formula is C14H24N4O2S. The largest absolute Gasteiger partial charge is 0.313 e. The van der Waals surface area contributed by atoms with Gasteiger partial charge in [0.25, 0.3) is 10.0 Å². The Balaban J connectivity index is 1.92. The summed E-state index contributed by atoms with van der Waals surface area (Å²) in [5, 5.41) is 3.27. The van der Waals surface area contributed by atoms with Gasteiger partial charge in [0.05, 0.1) is 0 Å². The monoisotopic (exact) mass is 312 g/mol. The van der Waals surface area contributed by atoms with E-state index in [1.807, 2.05) is 6.92 Å². The second-order valence-corrected chi connectivity index (χ2v) is 7.27. The molecule has 1 aliphatic rings. The Morgan fingerprint density at radius 2 is 2.24 bits per heavy atom. The highest BCUT2D eigenvalue weighted by Crippen LogP contribution is 2.14. The maximum Gasteiger partial charge on any atom is 0.258 e. The highest BCUT2D eigenvalue weighted by molar-refractivity contribution is 7.89. The normalized spacial score (nSPS) is 20.0. The van der Waals surface area contributed by atoms with E-state index in [4.69, 9.17) is 0 Å². The molecule has 7 heteroatoms. The van der Waals surface area contributed by atoms with E-state index >= 15 is 0 Å². The van der Waals surface area contributed by atoms with Crippen LogP contribution in [-0.4, -0.2) is 51.5 Å². The number of rotatable bonds is 7. The van der Waals surface area contributed by atoms with Crippen molar-refractivity contribution in [2.75, 3.05) is 33.2 Å². The number of nitrogens with one attached hydrogen (secondary N) is 2. The number of nitrogens with zero attached hydrogens (tertiary/aromatic N) is 2. The van der Waals surface area contributed by atoms with E-state index in [9.17, 15) is 8.42 Å². The molecule has 2 heterocycles. The summed E-state index contributed by atoms with van der Waals surface area (Å²) < 4.78 is 27.1. The van der Waals surface area contributed by atoms with E-state index in [0.29, 0.717) is 19.0 Å². The number of pyridine rings is 1. The summed E-state index contributed by atoms with van der Waals surface area (Å²) in [5.74, 6) is 0.387. The quantitative estimate of drug-likeness (QED) is 0.763. The smallest absolute Gasteiger partial charge is 0.258 e. The van der Waals surface area contributed by atoms with Crippen LogP contribution in [0.3, 0.4) is 0 Å². The average Bonchev–Trinajstić information content (AvgIpc) is 2.89. The molecule has 1 aliphatic heterocycles. The lowest BCUT2D eigenvalue weighted by molar-refractivity contribution is 0.394. The zero-order valence-electron chi connectivity index (χ0n) is 12.7. The van der Waals surface area contributed by atoms with Crippen LogP contribution in [0.15, 0.2) is 23.4 Å². The minimum atomic E-state index is -3.50. The van der Waals surface area contributed by atoms with Crippen molar-refractivity contribution in [2.45, 2.75) is 24.9 Å².